The fourth-order valence-corrected chi connectivity index (χ4v) is 8.49. The van der Waals surface area contributed by atoms with E-state index in [9.17, 15) is 9.59 Å². The summed E-state index contributed by atoms with van der Waals surface area (Å²) in [6.45, 7) is 6.20. The molecule has 58 heavy (non-hydrogen) atoms. The first kappa shape index (κ1) is 37.3. The first-order valence-electron chi connectivity index (χ1n) is 19.8. The summed E-state index contributed by atoms with van der Waals surface area (Å²) in [7, 11) is 5.28. The van der Waals surface area contributed by atoms with Crippen LogP contribution in [-0.2, 0) is 32.6 Å². The third-order valence-electron chi connectivity index (χ3n) is 11.7. The van der Waals surface area contributed by atoms with Gasteiger partial charge in [-0.25, -0.2) is 0 Å². The zero-order valence-corrected chi connectivity index (χ0v) is 33.5. The van der Waals surface area contributed by atoms with E-state index < -0.39 is 0 Å². The maximum absolute atomic E-state index is 14.0. The molecule has 5 aromatic rings. The number of anilines is 3. The summed E-state index contributed by atoms with van der Waals surface area (Å²) in [6.07, 6.45) is 3.38. The number of nitrogens with zero attached hydrogens (tertiary/aromatic N) is 4. The molecule has 0 saturated heterocycles. The second kappa shape index (κ2) is 15.2. The number of carbonyl (C=O) groups is 2. The summed E-state index contributed by atoms with van der Waals surface area (Å²) in [5.41, 5.74) is 9.50. The lowest BCUT2D eigenvalue weighted by molar-refractivity contribution is 0.0976. The van der Waals surface area contributed by atoms with Crippen LogP contribution in [0, 0.1) is 0 Å². The molecule has 11 nitrogen and oxygen atoms in total. The minimum Gasteiger partial charge on any atom is -0.493 e. The number of methoxy groups -OCH3 is 2. The summed E-state index contributed by atoms with van der Waals surface area (Å²) in [5.74, 6) is 1.82. The molecule has 0 saturated carbocycles. The van der Waals surface area contributed by atoms with Crippen molar-refractivity contribution >= 4 is 40.8 Å². The lowest BCUT2D eigenvalue weighted by atomic mass is 10.1. The van der Waals surface area contributed by atoms with Gasteiger partial charge in [-0.15, -0.1) is 0 Å². The first-order valence-corrected chi connectivity index (χ1v) is 19.8. The third kappa shape index (κ3) is 6.79. The van der Waals surface area contributed by atoms with E-state index in [1.54, 1.807) is 32.4 Å². The van der Waals surface area contributed by atoms with Crippen LogP contribution in [0.2, 0.25) is 0 Å². The third-order valence-corrected chi connectivity index (χ3v) is 11.7. The van der Waals surface area contributed by atoms with E-state index in [1.807, 2.05) is 58.5 Å². The van der Waals surface area contributed by atoms with Gasteiger partial charge in [-0.05, 0) is 85.5 Å². The molecule has 2 amide bonds. The van der Waals surface area contributed by atoms with E-state index in [0.29, 0.717) is 52.4 Å². The van der Waals surface area contributed by atoms with Gasteiger partial charge in [0, 0.05) is 55.3 Å². The molecule has 0 unspecified atom stereocenters. The Balaban J connectivity index is 0.964. The van der Waals surface area contributed by atoms with Gasteiger partial charge in [0.2, 0.25) is 0 Å². The van der Waals surface area contributed by atoms with Gasteiger partial charge in [-0.3, -0.25) is 24.4 Å². The van der Waals surface area contributed by atoms with Crippen molar-refractivity contribution in [2.75, 3.05) is 42.9 Å². The van der Waals surface area contributed by atoms with Crippen LogP contribution in [-0.4, -0.2) is 68.9 Å². The molecule has 0 aromatic heterocycles. The fourth-order valence-electron chi connectivity index (χ4n) is 8.49. The summed E-state index contributed by atoms with van der Waals surface area (Å²) in [5, 5.41) is 3.52. The van der Waals surface area contributed by atoms with Crippen LogP contribution >= 0.6 is 0 Å². The Hall–Kier alpha value is -6.33. The molecule has 4 heterocycles. The number of ether oxygens (including phenoxy) is 4. The highest BCUT2D eigenvalue weighted by molar-refractivity contribution is 6.15. The van der Waals surface area contributed by atoms with Gasteiger partial charge in [0.1, 0.15) is 13.2 Å². The molecular weight excluding hydrogens is 731 g/mol. The molecule has 1 N–H and O–H groups in total. The summed E-state index contributed by atoms with van der Waals surface area (Å²) >= 11 is 0. The molecule has 2 atom stereocenters. The number of hydrogen-bond acceptors (Lipinski definition) is 9. The lowest BCUT2D eigenvalue weighted by Gasteiger charge is -2.23. The molecule has 4 aliphatic rings. The maximum atomic E-state index is 14.0. The number of nitrogens with one attached hydrogen (secondary N) is 1. The number of hydrogen-bond donors (Lipinski definition) is 1. The Kier molecular flexibility index (Phi) is 9.77. The second-order valence-electron chi connectivity index (χ2n) is 15.7. The van der Waals surface area contributed by atoms with Crippen LogP contribution in [0.4, 0.5) is 22.7 Å². The Labute approximate surface area is 338 Å². The van der Waals surface area contributed by atoms with Crippen LogP contribution in [0.3, 0.4) is 0 Å². The molecule has 0 spiro atoms. The van der Waals surface area contributed by atoms with Gasteiger partial charge < -0.3 is 29.2 Å². The SMILES string of the molecule is COc1cc2c(cc1OCc1cc(COc3cc4c(cc3OC)C(=O)N3c5ccccc5C[C@H]3CN4)cc(CN(C)C(C)C)c1)N=C[C@@H]1Cc3ccccc3N1C2=O. The van der Waals surface area contributed by atoms with Gasteiger partial charge in [0.15, 0.2) is 23.0 Å². The number of carbonyl (C=O) groups excluding carboxylic acids is 2. The number of amides is 2. The molecule has 9 rings (SSSR count). The average Bonchev–Trinajstić information content (AvgIpc) is 3.72. The Morgan fingerprint density at radius 2 is 1.31 bits per heavy atom. The Bertz CT molecular complexity index is 2460. The second-order valence-corrected chi connectivity index (χ2v) is 15.7. The summed E-state index contributed by atoms with van der Waals surface area (Å²) in [4.78, 5) is 38.7. The van der Waals surface area contributed by atoms with Crippen molar-refractivity contribution in [1.82, 2.24) is 4.90 Å². The minimum absolute atomic E-state index is 0.0249. The Morgan fingerprint density at radius 1 is 0.724 bits per heavy atom. The van der Waals surface area contributed by atoms with Gasteiger partial charge in [-0.2, -0.15) is 0 Å². The molecular formula is C47H47N5O6. The Morgan fingerprint density at radius 3 is 1.98 bits per heavy atom. The number of rotatable bonds is 11. The predicted molar refractivity (Wildman–Crippen MR) is 226 cm³/mol. The van der Waals surface area contributed by atoms with Crippen LogP contribution in [0.15, 0.2) is 96.0 Å². The number of aliphatic imine (C=N–C) groups is 1. The van der Waals surface area contributed by atoms with Crippen molar-refractivity contribution in [3.63, 3.8) is 0 Å². The van der Waals surface area contributed by atoms with Gasteiger partial charge >= 0.3 is 0 Å². The molecule has 0 aliphatic carbocycles. The van der Waals surface area contributed by atoms with E-state index in [2.05, 4.69) is 61.4 Å². The largest absolute Gasteiger partial charge is 0.493 e. The lowest BCUT2D eigenvalue weighted by Crippen LogP contribution is -2.39. The number of fused-ring (bicyclic) bond motifs is 8. The highest BCUT2D eigenvalue weighted by Gasteiger charge is 2.38. The maximum Gasteiger partial charge on any atom is 0.261 e. The highest BCUT2D eigenvalue weighted by Crippen LogP contribution is 2.43. The molecule has 4 aliphatic heterocycles. The zero-order valence-electron chi connectivity index (χ0n) is 33.5. The highest BCUT2D eigenvalue weighted by atomic mass is 16.5. The summed E-state index contributed by atoms with van der Waals surface area (Å²) < 4.78 is 24.5. The predicted octanol–water partition coefficient (Wildman–Crippen LogP) is 7.99. The molecule has 5 aromatic carbocycles. The smallest absolute Gasteiger partial charge is 0.261 e. The van der Waals surface area contributed by atoms with Crippen LogP contribution in [0.1, 0.15) is 62.4 Å². The minimum atomic E-state index is -0.152. The van der Waals surface area contributed by atoms with Gasteiger partial charge in [0.25, 0.3) is 11.8 Å². The topological polar surface area (TPSA) is 105 Å². The molecule has 0 fully saturated rings. The standard InChI is InChI=1S/C47H47N5O6/c1-28(2)50(3)25-29-14-30(26-57-44-21-38-36(19-42(44)55-4)46(53)51-34(23-48-38)17-32-10-6-8-12-40(32)51)16-31(15-29)27-58-45-22-39-37(20-43(45)56-5)47(54)52-35(24-49-39)18-33-11-7-9-13-41(33)52/h6-16,19-23,28,34-35,49H,17-18,24-27H2,1-5H3/t34-,35-/m0/s1. The molecule has 296 valence electrons. The van der Waals surface area contributed by atoms with E-state index >= 15 is 0 Å². The normalized spacial score (nSPS) is 17.4. The van der Waals surface area contributed by atoms with Crippen molar-refractivity contribution in [1.29, 1.82) is 0 Å². The van der Waals surface area contributed by atoms with E-state index in [4.69, 9.17) is 23.9 Å². The van der Waals surface area contributed by atoms with Crippen molar-refractivity contribution in [3.8, 4) is 23.0 Å². The van der Waals surface area contributed by atoms with E-state index in [0.717, 1.165) is 58.7 Å². The van der Waals surface area contributed by atoms with Crippen LogP contribution in [0.25, 0.3) is 0 Å². The van der Waals surface area contributed by atoms with Crippen LogP contribution in [0.5, 0.6) is 23.0 Å². The number of benzene rings is 5. The van der Waals surface area contributed by atoms with Gasteiger partial charge in [-0.1, -0.05) is 48.5 Å². The summed E-state index contributed by atoms with van der Waals surface area (Å²) in [6, 6.07) is 29.9. The first-order chi connectivity index (χ1) is 28.2. The van der Waals surface area contributed by atoms with Crippen LogP contribution < -0.4 is 34.1 Å². The molecule has 0 radical (unpaired) electrons. The molecule has 11 heteroatoms. The average molecular weight is 778 g/mol. The van der Waals surface area contributed by atoms with Crippen molar-refractivity contribution < 1.29 is 28.5 Å². The zero-order chi connectivity index (χ0) is 40.1. The molecule has 0 bridgehead atoms. The van der Waals surface area contributed by atoms with Crippen molar-refractivity contribution in [3.05, 3.63) is 130 Å². The van der Waals surface area contributed by atoms with Gasteiger partial charge in [0.05, 0.1) is 48.8 Å². The van der Waals surface area contributed by atoms with Crippen molar-refractivity contribution in [2.45, 2.75) is 64.6 Å². The quantitative estimate of drug-likeness (QED) is 0.144. The monoisotopic (exact) mass is 777 g/mol. The van der Waals surface area contributed by atoms with E-state index in [1.165, 1.54) is 5.56 Å². The van der Waals surface area contributed by atoms with Crippen molar-refractivity contribution in [2.24, 2.45) is 4.99 Å². The van der Waals surface area contributed by atoms with E-state index in [-0.39, 0.29) is 37.1 Å². The fraction of sp³-hybridized carbons (Fsp3) is 0.298. The number of para-hydroxylation sites is 2.